The van der Waals surface area contributed by atoms with Crippen LogP contribution in [0.15, 0.2) is 23.4 Å². The van der Waals surface area contributed by atoms with Crippen molar-refractivity contribution in [1.29, 1.82) is 0 Å². The molecule has 4 nitrogen and oxygen atoms in total. The minimum atomic E-state index is -0.154. The number of nitrogens with zero attached hydrogens (tertiary/aromatic N) is 1. The Hall–Kier alpha value is -1.10. The van der Waals surface area contributed by atoms with Crippen LogP contribution in [0.5, 0.6) is 0 Å². The second-order valence-corrected chi connectivity index (χ2v) is 1.97. The molecule has 0 aliphatic heterocycles. The lowest BCUT2D eigenvalue weighted by Gasteiger charge is -1.82. The van der Waals surface area contributed by atoms with Crippen molar-refractivity contribution in [3.63, 3.8) is 0 Å². The van der Waals surface area contributed by atoms with E-state index >= 15 is 0 Å². The van der Waals surface area contributed by atoms with Crippen molar-refractivity contribution in [2.45, 2.75) is 0 Å². The number of pyridine rings is 1. The number of imidazole rings is 1. The van der Waals surface area contributed by atoms with E-state index in [4.69, 9.17) is 0 Å². The van der Waals surface area contributed by atoms with Crippen LogP contribution >= 0.6 is 17.0 Å². The van der Waals surface area contributed by atoms with Crippen LogP contribution in [0.1, 0.15) is 0 Å². The molecule has 0 radical (unpaired) electrons. The summed E-state index contributed by atoms with van der Waals surface area (Å²) >= 11 is 0. The minimum Gasteiger partial charge on any atom is -0.344 e. The van der Waals surface area contributed by atoms with Crippen molar-refractivity contribution in [1.82, 2.24) is 15.0 Å². The third-order valence-electron chi connectivity index (χ3n) is 1.35. The quantitative estimate of drug-likeness (QED) is 0.685. The number of H-pyrrole nitrogens is 2. The van der Waals surface area contributed by atoms with Crippen molar-refractivity contribution in [3.8, 4) is 0 Å². The summed E-state index contributed by atoms with van der Waals surface area (Å²) in [5.74, 6) is 0. The van der Waals surface area contributed by atoms with Crippen molar-refractivity contribution in [2.75, 3.05) is 0 Å². The van der Waals surface area contributed by atoms with Crippen LogP contribution in [0.4, 0.5) is 0 Å². The van der Waals surface area contributed by atoms with E-state index in [2.05, 4.69) is 15.0 Å². The molecule has 2 rings (SSSR count). The lowest BCUT2D eigenvalue weighted by Crippen LogP contribution is -2.03. The summed E-state index contributed by atoms with van der Waals surface area (Å²) in [6.07, 6.45) is 3.09. The number of hydrogen-bond acceptors (Lipinski definition) is 2. The van der Waals surface area contributed by atoms with E-state index < -0.39 is 0 Å². The molecular formula is C6H6BrN3O. The highest BCUT2D eigenvalue weighted by atomic mass is 79.9. The number of nitrogens with one attached hydrogen (secondary N) is 2. The van der Waals surface area contributed by atoms with Crippen molar-refractivity contribution < 1.29 is 0 Å². The summed E-state index contributed by atoms with van der Waals surface area (Å²) < 4.78 is 0. The van der Waals surface area contributed by atoms with Crippen LogP contribution < -0.4 is 5.56 Å². The number of hydrogen-bond donors (Lipinski definition) is 2. The normalized spacial score (nSPS) is 9.45. The molecule has 0 spiro atoms. The Kier molecular flexibility index (Phi) is 2.09. The van der Waals surface area contributed by atoms with Gasteiger partial charge in [0.1, 0.15) is 0 Å². The Balaban J connectivity index is 0.000000605. The van der Waals surface area contributed by atoms with Crippen molar-refractivity contribution >= 4 is 28.0 Å². The van der Waals surface area contributed by atoms with Crippen LogP contribution in [0, 0.1) is 0 Å². The van der Waals surface area contributed by atoms with Gasteiger partial charge in [0.05, 0.1) is 11.8 Å². The molecule has 2 N–H and O–H groups in total. The Labute approximate surface area is 72.4 Å². The largest absolute Gasteiger partial charge is 0.344 e. The summed E-state index contributed by atoms with van der Waals surface area (Å²) in [5, 5.41) is 0. The lowest BCUT2D eigenvalue weighted by molar-refractivity contribution is 1.25. The number of rotatable bonds is 0. The van der Waals surface area contributed by atoms with Gasteiger partial charge in [0.2, 0.25) is 0 Å². The first kappa shape index (κ1) is 8.00. The number of halogens is 1. The van der Waals surface area contributed by atoms with E-state index in [1.54, 1.807) is 12.3 Å². The van der Waals surface area contributed by atoms with E-state index in [0.717, 1.165) is 5.52 Å². The Morgan fingerprint density at radius 3 is 2.91 bits per heavy atom. The van der Waals surface area contributed by atoms with Gasteiger partial charge in [0.25, 0.3) is 5.56 Å². The van der Waals surface area contributed by atoms with Gasteiger partial charge < -0.3 is 9.97 Å². The highest BCUT2D eigenvalue weighted by molar-refractivity contribution is 8.93. The maximum atomic E-state index is 10.9. The second-order valence-electron chi connectivity index (χ2n) is 1.97. The number of fused-ring (bicyclic) bond motifs is 1. The SMILES string of the molecule is Br.O=c1[nH]ccc2[nH]cnc12. The Morgan fingerprint density at radius 1 is 1.36 bits per heavy atom. The van der Waals surface area contributed by atoms with Gasteiger partial charge in [-0.3, -0.25) is 4.79 Å². The van der Waals surface area contributed by atoms with Gasteiger partial charge in [-0.05, 0) is 6.07 Å². The molecule has 0 saturated carbocycles. The number of aromatic nitrogens is 3. The maximum absolute atomic E-state index is 10.9. The van der Waals surface area contributed by atoms with Crippen LogP contribution in [0.25, 0.3) is 11.0 Å². The molecule has 2 aromatic rings. The molecule has 0 unspecified atom stereocenters. The first-order valence-electron chi connectivity index (χ1n) is 2.89. The molecule has 5 heteroatoms. The molecule has 0 atom stereocenters. The lowest BCUT2D eigenvalue weighted by atomic mass is 10.4. The molecule has 0 fully saturated rings. The summed E-state index contributed by atoms with van der Waals surface area (Å²) in [7, 11) is 0. The van der Waals surface area contributed by atoms with E-state index in [1.165, 1.54) is 6.33 Å². The highest BCUT2D eigenvalue weighted by Crippen LogP contribution is 1.98. The summed E-state index contributed by atoms with van der Waals surface area (Å²) in [4.78, 5) is 20.1. The molecule has 0 bridgehead atoms. The van der Waals surface area contributed by atoms with Gasteiger partial charge in [0, 0.05) is 6.20 Å². The molecule has 0 aliphatic rings. The third-order valence-corrected chi connectivity index (χ3v) is 1.35. The van der Waals surface area contributed by atoms with Crippen molar-refractivity contribution in [2.24, 2.45) is 0 Å². The molecule has 2 heterocycles. The zero-order valence-electron chi connectivity index (χ0n) is 5.50. The molecule has 2 aromatic heterocycles. The van der Waals surface area contributed by atoms with Gasteiger partial charge in [-0.25, -0.2) is 4.98 Å². The third kappa shape index (κ3) is 1.19. The zero-order valence-corrected chi connectivity index (χ0v) is 7.21. The Bertz CT molecular complexity index is 405. The molecule has 0 aliphatic carbocycles. The number of aromatic amines is 2. The first-order valence-corrected chi connectivity index (χ1v) is 2.89. The summed E-state index contributed by atoms with van der Waals surface area (Å²) in [5.41, 5.74) is 1.07. The van der Waals surface area contributed by atoms with Gasteiger partial charge in [-0.2, -0.15) is 0 Å². The summed E-state index contributed by atoms with van der Waals surface area (Å²) in [6.45, 7) is 0. The van der Waals surface area contributed by atoms with E-state index in [-0.39, 0.29) is 22.5 Å². The molecule has 0 amide bonds. The zero-order chi connectivity index (χ0) is 6.97. The highest BCUT2D eigenvalue weighted by Gasteiger charge is 1.96. The van der Waals surface area contributed by atoms with Crippen LogP contribution in [-0.4, -0.2) is 15.0 Å². The molecular weight excluding hydrogens is 210 g/mol. The second kappa shape index (κ2) is 2.87. The fourth-order valence-electron chi connectivity index (χ4n) is 0.881. The average molecular weight is 216 g/mol. The van der Waals surface area contributed by atoms with Crippen LogP contribution in [0.3, 0.4) is 0 Å². The minimum absolute atomic E-state index is 0. The average Bonchev–Trinajstić information content (AvgIpc) is 2.36. The van der Waals surface area contributed by atoms with E-state index in [9.17, 15) is 4.79 Å². The fourth-order valence-corrected chi connectivity index (χ4v) is 0.881. The van der Waals surface area contributed by atoms with Gasteiger partial charge in [0.15, 0.2) is 5.52 Å². The molecule has 11 heavy (non-hydrogen) atoms. The predicted octanol–water partition coefficient (Wildman–Crippen LogP) is 0.829. The monoisotopic (exact) mass is 215 g/mol. The summed E-state index contributed by atoms with van der Waals surface area (Å²) in [6, 6.07) is 1.77. The van der Waals surface area contributed by atoms with Crippen molar-refractivity contribution in [3.05, 3.63) is 28.9 Å². The topological polar surface area (TPSA) is 61.5 Å². The standard InChI is InChI=1S/C6H5N3O.BrH/c10-6-5-4(1-2-7-6)8-3-9-5;/h1-3H,(H,7,10)(H,8,9);1H. The van der Waals surface area contributed by atoms with Gasteiger partial charge in [-0.1, -0.05) is 0 Å². The molecule has 58 valence electrons. The van der Waals surface area contributed by atoms with E-state index in [1.807, 2.05) is 0 Å². The smallest absolute Gasteiger partial charge is 0.276 e. The van der Waals surface area contributed by atoms with Crippen LogP contribution in [0.2, 0.25) is 0 Å². The first-order chi connectivity index (χ1) is 4.88. The fraction of sp³-hybridized carbons (Fsp3) is 0. The van der Waals surface area contributed by atoms with E-state index in [0.29, 0.717) is 5.52 Å². The Morgan fingerprint density at radius 2 is 2.18 bits per heavy atom. The predicted molar refractivity (Wildman–Crippen MR) is 47.0 cm³/mol. The van der Waals surface area contributed by atoms with Gasteiger partial charge in [-0.15, -0.1) is 17.0 Å². The molecule has 0 aromatic carbocycles. The van der Waals surface area contributed by atoms with Gasteiger partial charge >= 0.3 is 0 Å². The van der Waals surface area contributed by atoms with Crippen LogP contribution in [-0.2, 0) is 0 Å². The molecule has 0 saturated heterocycles. The maximum Gasteiger partial charge on any atom is 0.276 e.